The molecule has 0 aromatic carbocycles. The van der Waals surface area contributed by atoms with Gasteiger partial charge in [-0.25, -0.2) is 4.79 Å². The topological polar surface area (TPSA) is 52.6 Å². The standard InChI is InChI=1S/C26H40O4/c1-16(2)24(27)29-18(4)10-17(3)25(28)30-26(21-8-6-5-7-9-21)22-12-19-11-20(14-22)15-23(26)13-19/h17-23H,1,5-15H2,2-4H3. The first kappa shape index (κ1) is 21.9. The number of esters is 2. The molecule has 5 rings (SSSR count). The van der Waals surface area contributed by atoms with Crippen LogP contribution in [0.25, 0.3) is 0 Å². The maximum absolute atomic E-state index is 13.4. The van der Waals surface area contributed by atoms with Crippen LogP contribution in [-0.2, 0) is 19.1 Å². The molecule has 0 spiro atoms. The van der Waals surface area contributed by atoms with E-state index in [9.17, 15) is 9.59 Å². The Labute approximate surface area is 182 Å². The number of hydrogen-bond donors (Lipinski definition) is 0. The second kappa shape index (κ2) is 8.67. The number of carbonyl (C=O) groups is 2. The van der Waals surface area contributed by atoms with Crippen molar-refractivity contribution in [3.63, 3.8) is 0 Å². The molecular formula is C26H40O4. The van der Waals surface area contributed by atoms with E-state index >= 15 is 0 Å². The molecular weight excluding hydrogens is 376 g/mol. The van der Waals surface area contributed by atoms with E-state index in [1.165, 1.54) is 64.2 Å². The Morgan fingerprint density at radius 3 is 2.03 bits per heavy atom. The second-order valence-corrected chi connectivity index (χ2v) is 11.0. The van der Waals surface area contributed by atoms with Crippen molar-refractivity contribution < 1.29 is 19.1 Å². The summed E-state index contributed by atoms with van der Waals surface area (Å²) in [5, 5.41) is 0. The van der Waals surface area contributed by atoms with Crippen LogP contribution in [0.1, 0.15) is 91.4 Å². The van der Waals surface area contributed by atoms with Gasteiger partial charge in [0.2, 0.25) is 0 Å². The predicted molar refractivity (Wildman–Crippen MR) is 117 cm³/mol. The highest BCUT2D eigenvalue weighted by molar-refractivity contribution is 5.87. The summed E-state index contributed by atoms with van der Waals surface area (Å²) in [7, 11) is 0. The summed E-state index contributed by atoms with van der Waals surface area (Å²) in [6, 6.07) is 0. The molecule has 0 heterocycles. The molecule has 0 aromatic rings. The fourth-order valence-electron chi connectivity index (χ4n) is 7.59. The molecule has 30 heavy (non-hydrogen) atoms. The fourth-order valence-corrected chi connectivity index (χ4v) is 7.59. The van der Waals surface area contributed by atoms with Gasteiger partial charge < -0.3 is 9.47 Å². The Morgan fingerprint density at radius 1 is 0.933 bits per heavy atom. The SMILES string of the molecule is C=C(C)C(=O)OC(C)CC(C)C(=O)OC1(C2CCCCC2)C2CC3CC(C2)CC1C3. The predicted octanol–water partition coefficient (Wildman–Crippen LogP) is 5.84. The van der Waals surface area contributed by atoms with E-state index in [0.29, 0.717) is 29.7 Å². The van der Waals surface area contributed by atoms with Crippen molar-refractivity contribution in [1.82, 2.24) is 0 Å². The smallest absolute Gasteiger partial charge is 0.333 e. The quantitative estimate of drug-likeness (QED) is 0.386. The van der Waals surface area contributed by atoms with Gasteiger partial charge in [0, 0.05) is 5.57 Å². The Kier molecular flexibility index (Phi) is 6.33. The maximum atomic E-state index is 13.4. The average molecular weight is 417 g/mol. The fraction of sp³-hybridized carbons (Fsp3) is 0.846. The highest BCUT2D eigenvalue weighted by Gasteiger charge is 2.62. The lowest BCUT2D eigenvalue weighted by Crippen LogP contribution is -2.63. The van der Waals surface area contributed by atoms with Crippen LogP contribution in [0.4, 0.5) is 0 Å². The lowest BCUT2D eigenvalue weighted by Gasteiger charge is -2.63. The summed E-state index contributed by atoms with van der Waals surface area (Å²) in [5.41, 5.74) is 0.165. The summed E-state index contributed by atoms with van der Waals surface area (Å²) in [4.78, 5) is 25.2. The van der Waals surface area contributed by atoms with Crippen LogP contribution >= 0.6 is 0 Å². The van der Waals surface area contributed by atoms with Crippen LogP contribution in [0.5, 0.6) is 0 Å². The van der Waals surface area contributed by atoms with Gasteiger partial charge in [0.05, 0.1) is 5.92 Å². The number of rotatable bonds is 7. The first-order valence-electron chi connectivity index (χ1n) is 12.4. The Bertz CT molecular complexity index is 641. The van der Waals surface area contributed by atoms with E-state index in [1.807, 2.05) is 13.8 Å². The normalized spacial score (nSPS) is 37.4. The molecule has 0 amide bonds. The van der Waals surface area contributed by atoms with Crippen molar-refractivity contribution in [2.45, 2.75) is 103 Å². The third kappa shape index (κ3) is 4.08. The highest BCUT2D eigenvalue weighted by Crippen LogP contribution is 2.63. The van der Waals surface area contributed by atoms with E-state index in [0.717, 1.165) is 11.8 Å². The molecule has 4 nitrogen and oxygen atoms in total. The molecule has 0 N–H and O–H groups in total. The largest absolute Gasteiger partial charge is 0.459 e. The van der Waals surface area contributed by atoms with Crippen LogP contribution in [-0.4, -0.2) is 23.6 Å². The molecule has 5 fully saturated rings. The second-order valence-electron chi connectivity index (χ2n) is 11.0. The molecule has 5 aliphatic rings. The number of ether oxygens (including phenoxy) is 2. The number of carbonyl (C=O) groups excluding carboxylic acids is 2. The molecule has 4 heteroatoms. The van der Waals surface area contributed by atoms with E-state index in [2.05, 4.69) is 6.58 Å². The minimum Gasteiger partial charge on any atom is -0.459 e. The Hall–Kier alpha value is -1.32. The van der Waals surface area contributed by atoms with Crippen molar-refractivity contribution in [1.29, 1.82) is 0 Å². The van der Waals surface area contributed by atoms with Crippen molar-refractivity contribution >= 4 is 11.9 Å². The summed E-state index contributed by atoms with van der Waals surface area (Å²) in [5.74, 6) is 2.66. The highest BCUT2D eigenvalue weighted by atomic mass is 16.6. The first-order valence-corrected chi connectivity index (χ1v) is 12.4. The van der Waals surface area contributed by atoms with E-state index in [1.54, 1.807) is 6.92 Å². The third-order valence-electron chi connectivity index (χ3n) is 8.68. The van der Waals surface area contributed by atoms with Gasteiger partial charge in [0.1, 0.15) is 11.7 Å². The van der Waals surface area contributed by atoms with E-state index < -0.39 is 0 Å². The van der Waals surface area contributed by atoms with Gasteiger partial charge in [-0.1, -0.05) is 32.8 Å². The summed E-state index contributed by atoms with van der Waals surface area (Å²) < 4.78 is 12.1. The lowest BCUT2D eigenvalue weighted by atomic mass is 9.46. The average Bonchev–Trinajstić information content (AvgIpc) is 2.70. The lowest BCUT2D eigenvalue weighted by molar-refractivity contribution is -0.235. The van der Waals surface area contributed by atoms with Gasteiger partial charge in [0.15, 0.2) is 0 Å². The van der Waals surface area contributed by atoms with Crippen LogP contribution in [0.2, 0.25) is 0 Å². The monoisotopic (exact) mass is 416 g/mol. The van der Waals surface area contributed by atoms with Gasteiger partial charge in [-0.3, -0.25) is 4.79 Å². The van der Waals surface area contributed by atoms with Crippen molar-refractivity contribution in [2.75, 3.05) is 0 Å². The van der Waals surface area contributed by atoms with Gasteiger partial charge in [-0.2, -0.15) is 0 Å². The van der Waals surface area contributed by atoms with Crippen molar-refractivity contribution in [3.05, 3.63) is 12.2 Å². The molecule has 2 unspecified atom stereocenters. The minimum atomic E-state index is -0.386. The van der Waals surface area contributed by atoms with Gasteiger partial charge in [-0.05, 0) is 94.8 Å². The summed E-state index contributed by atoms with van der Waals surface area (Å²) in [6.07, 6.45) is 12.9. The van der Waals surface area contributed by atoms with Crippen LogP contribution < -0.4 is 0 Å². The molecule has 0 radical (unpaired) electrons. The minimum absolute atomic E-state index is 0.0775. The molecule has 5 aliphatic carbocycles. The van der Waals surface area contributed by atoms with Crippen LogP contribution in [0.15, 0.2) is 12.2 Å². The molecule has 0 saturated heterocycles. The summed E-state index contributed by atoms with van der Waals surface area (Å²) in [6.45, 7) is 9.06. The molecule has 4 bridgehead atoms. The zero-order valence-electron chi connectivity index (χ0n) is 19.2. The maximum Gasteiger partial charge on any atom is 0.333 e. The molecule has 5 saturated carbocycles. The first-order chi connectivity index (χ1) is 14.3. The molecule has 168 valence electrons. The van der Waals surface area contributed by atoms with Gasteiger partial charge in [0.25, 0.3) is 0 Å². The molecule has 0 aliphatic heterocycles. The number of hydrogen-bond acceptors (Lipinski definition) is 4. The van der Waals surface area contributed by atoms with E-state index in [4.69, 9.17) is 9.47 Å². The van der Waals surface area contributed by atoms with E-state index in [-0.39, 0.29) is 29.6 Å². The van der Waals surface area contributed by atoms with Crippen molar-refractivity contribution in [3.8, 4) is 0 Å². The van der Waals surface area contributed by atoms with Crippen LogP contribution in [0, 0.1) is 35.5 Å². The molecule has 0 aromatic heterocycles. The Morgan fingerprint density at radius 2 is 1.50 bits per heavy atom. The van der Waals surface area contributed by atoms with Crippen LogP contribution in [0.3, 0.4) is 0 Å². The third-order valence-corrected chi connectivity index (χ3v) is 8.68. The summed E-state index contributed by atoms with van der Waals surface area (Å²) >= 11 is 0. The van der Waals surface area contributed by atoms with Gasteiger partial charge in [-0.15, -0.1) is 0 Å². The Balaban J connectivity index is 1.48. The van der Waals surface area contributed by atoms with Gasteiger partial charge >= 0.3 is 11.9 Å². The zero-order valence-corrected chi connectivity index (χ0v) is 19.2. The van der Waals surface area contributed by atoms with Crippen molar-refractivity contribution in [2.24, 2.45) is 35.5 Å². The zero-order chi connectivity index (χ0) is 21.5. The molecule has 2 atom stereocenters.